The third-order valence-corrected chi connectivity index (χ3v) is 9.23. The predicted molar refractivity (Wildman–Crippen MR) is 295 cm³/mol. The Kier molecular flexibility index (Phi) is 39.1. The molecular formula is C59H113ClFNO2. The highest BCUT2D eigenvalue weighted by Crippen LogP contribution is 2.26. The van der Waals surface area contributed by atoms with Gasteiger partial charge >= 0.3 is 0 Å². The Labute approximate surface area is 407 Å². The molecule has 0 aliphatic carbocycles. The molecule has 0 aliphatic rings. The molecule has 0 saturated heterocycles. The summed E-state index contributed by atoms with van der Waals surface area (Å²) in [5, 5.41) is 10.4. The number of benzene rings is 2. The van der Waals surface area contributed by atoms with Gasteiger partial charge in [-0.25, -0.2) is 0 Å². The second-order valence-electron chi connectivity index (χ2n) is 27.1. The summed E-state index contributed by atoms with van der Waals surface area (Å²) in [6.45, 7) is 66.9. The van der Waals surface area contributed by atoms with Gasteiger partial charge in [-0.15, -0.1) is 18.2 Å². The lowest BCUT2D eigenvalue weighted by Gasteiger charge is -2.22. The van der Waals surface area contributed by atoms with E-state index in [2.05, 4.69) is 211 Å². The molecular weight excluding hydrogens is 809 g/mol. The van der Waals surface area contributed by atoms with Crippen LogP contribution in [0.15, 0.2) is 61.2 Å². The molecule has 64 heavy (non-hydrogen) atoms. The van der Waals surface area contributed by atoms with Crippen LogP contribution in [0, 0.1) is 55.4 Å². The zero-order chi connectivity index (χ0) is 52.8. The Morgan fingerprint density at radius 2 is 0.891 bits per heavy atom. The van der Waals surface area contributed by atoms with Gasteiger partial charge < -0.3 is 0 Å². The molecule has 0 unspecified atom stereocenters. The lowest BCUT2D eigenvalue weighted by Crippen LogP contribution is -2.12. The summed E-state index contributed by atoms with van der Waals surface area (Å²) in [7, 11) is 0. The van der Waals surface area contributed by atoms with Crippen LogP contribution in [-0.2, 0) is 10.8 Å². The van der Waals surface area contributed by atoms with E-state index in [4.69, 9.17) is 11.6 Å². The molecule has 2 rings (SSSR count). The quantitative estimate of drug-likeness (QED) is 0.130. The molecule has 0 spiro atoms. The van der Waals surface area contributed by atoms with Gasteiger partial charge in [0.05, 0.1) is 11.6 Å². The zero-order valence-electron chi connectivity index (χ0n) is 48.4. The maximum Gasteiger partial charge on any atom is 0.269 e. The fourth-order valence-corrected chi connectivity index (χ4v) is 4.45. The smallest absolute Gasteiger partial charge is 0.258 e. The number of hydrogen-bond donors (Lipinski definition) is 0. The van der Waals surface area contributed by atoms with Gasteiger partial charge in [-0.05, 0) is 93.0 Å². The van der Waals surface area contributed by atoms with E-state index >= 15 is 0 Å². The van der Waals surface area contributed by atoms with Gasteiger partial charge in [0.2, 0.25) is 0 Å². The first kappa shape index (κ1) is 73.4. The van der Waals surface area contributed by atoms with E-state index in [0.717, 1.165) is 30.2 Å². The molecule has 0 N–H and O–H groups in total. The van der Waals surface area contributed by atoms with Crippen LogP contribution >= 0.6 is 11.6 Å². The van der Waals surface area contributed by atoms with Gasteiger partial charge in [0.1, 0.15) is 0 Å². The third-order valence-electron chi connectivity index (χ3n) is 9.04. The largest absolute Gasteiger partial charge is 0.269 e. The first-order valence-corrected chi connectivity index (χ1v) is 24.7. The molecule has 0 fully saturated rings. The first-order chi connectivity index (χ1) is 28.1. The molecule has 0 radical (unpaired) electrons. The highest BCUT2D eigenvalue weighted by molar-refractivity contribution is 6.17. The van der Waals surface area contributed by atoms with Crippen LogP contribution in [-0.4, -0.2) is 17.5 Å². The van der Waals surface area contributed by atoms with E-state index in [0.29, 0.717) is 33.5 Å². The summed E-state index contributed by atoms with van der Waals surface area (Å²) in [6, 6.07) is 15.4. The Morgan fingerprint density at radius 3 is 1.00 bits per heavy atom. The average Bonchev–Trinajstić information content (AvgIpc) is 3.02. The van der Waals surface area contributed by atoms with Gasteiger partial charge in [-0.2, -0.15) is 0 Å². The van der Waals surface area contributed by atoms with Gasteiger partial charge in [0, 0.05) is 18.0 Å². The Morgan fingerprint density at radius 1 is 0.594 bits per heavy atom. The molecule has 0 heterocycles. The van der Waals surface area contributed by atoms with Crippen LogP contribution in [0.1, 0.15) is 243 Å². The molecule has 380 valence electrons. The van der Waals surface area contributed by atoms with Crippen molar-refractivity contribution in [1.29, 1.82) is 0 Å². The monoisotopic (exact) mass is 922 g/mol. The number of nitro benzene ring substituents is 1. The van der Waals surface area contributed by atoms with Gasteiger partial charge in [0.15, 0.2) is 0 Å². The number of allylic oxidation sites excluding steroid dienone is 1. The van der Waals surface area contributed by atoms with Crippen molar-refractivity contribution in [1.82, 2.24) is 0 Å². The van der Waals surface area contributed by atoms with E-state index in [1.54, 1.807) is 24.3 Å². The van der Waals surface area contributed by atoms with Crippen molar-refractivity contribution in [3.8, 4) is 0 Å². The average molecular weight is 923 g/mol. The van der Waals surface area contributed by atoms with Crippen LogP contribution in [0.3, 0.4) is 0 Å². The number of nitro groups is 1. The molecule has 0 amide bonds. The highest BCUT2D eigenvalue weighted by Gasteiger charge is 2.16. The number of nitrogens with zero attached hydrogens (tertiary/aromatic N) is 1. The van der Waals surface area contributed by atoms with Crippen molar-refractivity contribution in [3.05, 3.63) is 88.0 Å². The van der Waals surface area contributed by atoms with E-state index in [1.807, 2.05) is 26.8 Å². The Bertz CT molecular complexity index is 1340. The van der Waals surface area contributed by atoms with Crippen molar-refractivity contribution in [2.45, 2.75) is 244 Å². The standard InChI is InChI=1S/C11H16.C10H13NO2.2C7H16.C7H14.C6H13Cl.C6H13F.C5H12/c1-9-5-7-10(8-6-9)11(2,3)4;1-10(2,3)8-4-6-9(7-5-8)11(12)13;1-6(2)7(3,4)5;2*1-5-6-7(2,3)4;2*1-6(2,3)4-5-7;1-5(2,3)4/h5-8H,1-4H3;4-7H,1-3H3;6H,1-5H3;5-6H2,1-4H3;5H,1,6H2,2-4H3;2*4-5H2,1-3H3;1-4H3. The number of alkyl halides is 2. The summed E-state index contributed by atoms with van der Waals surface area (Å²) >= 11 is 5.49. The minimum absolute atomic E-state index is 0.0507. The third kappa shape index (κ3) is 66.4. The Hall–Kier alpha value is -2.20. The van der Waals surface area contributed by atoms with Crippen LogP contribution in [0.25, 0.3) is 0 Å². The van der Waals surface area contributed by atoms with Gasteiger partial charge in [-0.1, -0.05) is 248 Å². The van der Waals surface area contributed by atoms with Crippen molar-refractivity contribution < 1.29 is 9.31 Å². The minimum Gasteiger partial charge on any atom is -0.258 e. The molecule has 3 nitrogen and oxygen atoms in total. The molecule has 0 aromatic heterocycles. The van der Waals surface area contributed by atoms with E-state index < -0.39 is 0 Å². The van der Waals surface area contributed by atoms with Crippen LogP contribution in [0.5, 0.6) is 0 Å². The van der Waals surface area contributed by atoms with Gasteiger partial charge in [0.25, 0.3) is 5.69 Å². The summed E-state index contributed by atoms with van der Waals surface area (Å²) in [5.41, 5.74) is 6.91. The van der Waals surface area contributed by atoms with Crippen molar-refractivity contribution >= 4 is 17.3 Å². The lowest BCUT2D eigenvalue weighted by atomic mass is 9.84. The maximum atomic E-state index is 11.5. The van der Waals surface area contributed by atoms with E-state index in [9.17, 15) is 14.5 Å². The Balaban J connectivity index is -0.000000153. The number of hydrogen-bond acceptors (Lipinski definition) is 2. The fourth-order valence-electron chi connectivity index (χ4n) is 3.89. The topological polar surface area (TPSA) is 43.1 Å². The van der Waals surface area contributed by atoms with E-state index in [1.165, 1.54) is 24.0 Å². The first-order valence-electron chi connectivity index (χ1n) is 24.1. The number of non-ortho nitro benzene ring substituents is 1. The highest BCUT2D eigenvalue weighted by atomic mass is 35.5. The van der Waals surface area contributed by atoms with Gasteiger partial charge in [-0.3, -0.25) is 14.5 Å². The summed E-state index contributed by atoms with van der Waals surface area (Å²) in [5.74, 6) is 1.58. The normalized spacial score (nSPS) is 11.8. The van der Waals surface area contributed by atoms with Crippen molar-refractivity contribution in [3.63, 3.8) is 0 Å². The second-order valence-corrected chi connectivity index (χ2v) is 27.4. The summed E-state index contributed by atoms with van der Waals surface area (Å²) in [6.07, 6.45) is 7.49. The number of halogens is 2. The molecule has 5 heteroatoms. The fraction of sp³-hybridized carbons (Fsp3) is 0.763. The minimum atomic E-state index is -0.383. The van der Waals surface area contributed by atoms with E-state index in [-0.39, 0.29) is 33.5 Å². The molecule has 2 aromatic rings. The van der Waals surface area contributed by atoms with Crippen molar-refractivity contribution in [2.24, 2.45) is 38.4 Å². The predicted octanol–water partition coefficient (Wildman–Crippen LogP) is 21.4. The number of aryl methyl sites for hydroxylation is 1. The molecule has 0 saturated carbocycles. The molecule has 0 atom stereocenters. The van der Waals surface area contributed by atoms with Crippen LogP contribution in [0.2, 0.25) is 0 Å². The maximum absolute atomic E-state index is 11.5. The lowest BCUT2D eigenvalue weighted by molar-refractivity contribution is -0.384. The summed E-state index contributed by atoms with van der Waals surface area (Å²) < 4.78 is 11.5. The molecule has 0 aliphatic heterocycles. The number of rotatable bonds is 5. The second kappa shape index (κ2) is 34.1. The summed E-state index contributed by atoms with van der Waals surface area (Å²) in [4.78, 5) is 9.98. The molecule has 2 aromatic carbocycles. The molecule has 0 bridgehead atoms. The van der Waals surface area contributed by atoms with Crippen molar-refractivity contribution in [2.75, 3.05) is 12.6 Å². The SMILES string of the molecule is C=CCC(C)(C)C.CC(C)(C)C.CC(C)(C)CCCl.CC(C)(C)CCF.CC(C)(C)c1ccc([N+](=O)[O-])cc1.CC(C)C(C)(C)C.CCCC(C)(C)C.Cc1ccc(C(C)(C)C)cc1. The van der Waals surface area contributed by atoms with Crippen LogP contribution < -0.4 is 0 Å². The zero-order valence-corrected chi connectivity index (χ0v) is 49.2. The van der Waals surface area contributed by atoms with Crippen LogP contribution in [0.4, 0.5) is 10.1 Å².